The molecule has 0 spiro atoms. The standard InChI is InChI=1S/C13H14N6O3/c1-7-4-5-10(6-11(7)19(21)22)8(2)15-17-13-14-12(20)9(3)16-18-13/h4-6H,1-3H3,(H2,14,17,18,20)/b15-8-. The van der Waals surface area contributed by atoms with Gasteiger partial charge in [-0.05, 0) is 20.8 Å². The van der Waals surface area contributed by atoms with Crippen LogP contribution in [0.1, 0.15) is 23.7 Å². The van der Waals surface area contributed by atoms with Gasteiger partial charge in [0.15, 0.2) is 0 Å². The third kappa shape index (κ3) is 3.32. The second-order valence-electron chi connectivity index (χ2n) is 4.66. The van der Waals surface area contributed by atoms with Crippen LogP contribution in [-0.4, -0.2) is 25.8 Å². The number of nitro groups is 1. The van der Waals surface area contributed by atoms with E-state index in [1.54, 1.807) is 26.0 Å². The fraction of sp³-hybridized carbons (Fsp3) is 0.231. The summed E-state index contributed by atoms with van der Waals surface area (Å²) in [6, 6.07) is 4.83. The Morgan fingerprint density at radius 1 is 1.36 bits per heavy atom. The Bertz CT molecular complexity index is 812. The highest BCUT2D eigenvalue weighted by Crippen LogP contribution is 2.19. The molecule has 2 aromatic rings. The van der Waals surface area contributed by atoms with Gasteiger partial charge in [0.05, 0.1) is 10.6 Å². The van der Waals surface area contributed by atoms with Crippen LogP contribution in [0.5, 0.6) is 0 Å². The van der Waals surface area contributed by atoms with Gasteiger partial charge in [0, 0.05) is 17.2 Å². The van der Waals surface area contributed by atoms with Gasteiger partial charge in [-0.1, -0.05) is 12.1 Å². The van der Waals surface area contributed by atoms with Crippen LogP contribution in [0.3, 0.4) is 0 Å². The van der Waals surface area contributed by atoms with Crippen LogP contribution in [-0.2, 0) is 0 Å². The van der Waals surface area contributed by atoms with E-state index < -0.39 is 4.92 Å². The summed E-state index contributed by atoms with van der Waals surface area (Å²) in [4.78, 5) is 24.4. The van der Waals surface area contributed by atoms with Crippen molar-refractivity contribution in [3.63, 3.8) is 0 Å². The summed E-state index contributed by atoms with van der Waals surface area (Å²) in [6.45, 7) is 4.88. The zero-order valence-corrected chi connectivity index (χ0v) is 12.2. The molecule has 2 rings (SSSR count). The lowest BCUT2D eigenvalue weighted by Gasteiger charge is -2.04. The molecular weight excluding hydrogens is 288 g/mol. The molecule has 0 unspecified atom stereocenters. The lowest BCUT2D eigenvalue weighted by molar-refractivity contribution is -0.385. The molecule has 1 aromatic heterocycles. The van der Waals surface area contributed by atoms with Gasteiger partial charge in [0.2, 0.25) is 5.95 Å². The Hall–Kier alpha value is -3.10. The van der Waals surface area contributed by atoms with Crippen molar-refractivity contribution >= 4 is 17.3 Å². The minimum atomic E-state index is -0.442. The van der Waals surface area contributed by atoms with E-state index in [4.69, 9.17) is 0 Å². The summed E-state index contributed by atoms with van der Waals surface area (Å²) >= 11 is 0. The van der Waals surface area contributed by atoms with E-state index in [0.29, 0.717) is 16.8 Å². The minimum Gasteiger partial charge on any atom is -0.288 e. The summed E-state index contributed by atoms with van der Waals surface area (Å²) in [5, 5.41) is 22.4. The van der Waals surface area contributed by atoms with Crippen LogP contribution < -0.4 is 11.0 Å². The smallest absolute Gasteiger partial charge is 0.274 e. The summed E-state index contributed by atoms with van der Waals surface area (Å²) in [5.41, 5.74) is 4.14. The molecule has 0 bridgehead atoms. The van der Waals surface area contributed by atoms with Gasteiger partial charge in [0.25, 0.3) is 11.2 Å². The Balaban J connectivity index is 2.25. The number of hydrogen-bond acceptors (Lipinski definition) is 7. The van der Waals surface area contributed by atoms with E-state index in [9.17, 15) is 14.9 Å². The Morgan fingerprint density at radius 3 is 2.73 bits per heavy atom. The number of rotatable bonds is 4. The SMILES string of the molecule is C/C(=N/Nc1nnc(C)c(=O)[nH]1)c1ccc(C)c([N+](=O)[O-])c1. The molecule has 0 saturated carbocycles. The minimum absolute atomic E-state index is 0.0237. The summed E-state index contributed by atoms with van der Waals surface area (Å²) in [7, 11) is 0. The molecule has 1 heterocycles. The number of nitro benzene ring substituents is 1. The van der Waals surface area contributed by atoms with Gasteiger partial charge < -0.3 is 0 Å². The molecule has 9 heteroatoms. The first kappa shape index (κ1) is 15.3. The number of anilines is 1. The van der Waals surface area contributed by atoms with Crippen molar-refractivity contribution in [3.05, 3.63) is 55.5 Å². The Kier molecular flexibility index (Phi) is 4.25. The number of benzene rings is 1. The fourth-order valence-electron chi connectivity index (χ4n) is 1.68. The van der Waals surface area contributed by atoms with E-state index >= 15 is 0 Å². The zero-order chi connectivity index (χ0) is 16.3. The molecule has 0 aliphatic carbocycles. The van der Waals surface area contributed by atoms with Crippen molar-refractivity contribution in [2.24, 2.45) is 5.10 Å². The highest BCUT2D eigenvalue weighted by atomic mass is 16.6. The van der Waals surface area contributed by atoms with Crippen molar-refractivity contribution in [2.45, 2.75) is 20.8 Å². The number of aromatic amines is 1. The predicted molar refractivity (Wildman–Crippen MR) is 81.1 cm³/mol. The van der Waals surface area contributed by atoms with Crippen molar-refractivity contribution < 1.29 is 4.92 Å². The molecule has 1 aromatic carbocycles. The normalized spacial score (nSPS) is 11.3. The molecule has 0 aliphatic rings. The second kappa shape index (κ2) is 6.12. The topological polar surface area (TPSA) is 126 Å². The van der Waals surface area contributed by atoms with Crippen LogP contribution in [0.2, 0.25) is 0 Å². The molecule has 114 valence electrons. The van der Waals surface area contributed by atoms with Crippen molar-refractivity contribution in [1.29, 1.82) is 0 Å². The van der Waals surface area contributed by atoms with Gasteiger partial charge >= 0.3 is 0 Å². The molecule has 0 amide bonds. The van der Waals surface area contributed by atoms with Gasteiger partial charge in [-0.25, -0.2) is 5.43 Å². The molecule has 0 aliphatic heterocycles. The highest BCUT2D eigenvalue weighted by Gasteiger charge is 2.12. The molecule has 9 nitrogen and oxygen atoms in total. The number of nitrogens with one attached hydrogen (secondary N) is 2. The van der Waals surface area contributed by atoms with E-state index in [0.717, 1.165) is 0 Å². The van der Waals surface area contributed by atoms with E-state index in [1.807, 2.05) is 0 Å². The number of aryl methyl sites for hydroxylation is 2. The molecular formula is C13H14N6O3. The zero-order valence-electron chi connectivity index (χ0n) is 12.2. The quantitative estimate of drug-likeness (QED) is 0.501. The van der Waals surface area contributed by atoms with E-state index in [2.05, 4.69) is 25.7 Å². The number of hydrogen-bond donors (Lipinski definition) is 2. The number of nitrogens with zero attached hydrogens (tertiary/aromatic N) is 4. The molecule has 0 atom stereocenters. The van der Waals surface area contributed by atoms with Crippen molar-refractivity contribution in [3.8, 4) is 0 Å². The lowest BCUT2D eigenvalue weighted by Crippen LogP contribution is -2.16. The second-order valence-corrected chi connectivity index (χ2v) is 4.66. The number of aromatic nitrogens is 3. The average molecular weight is 302 g/mol. The lowest BCUT2D eigenvalue weighted by atomic mass is 10.1. The third-order valence-electron chi connectivity index (χ3n) is 3.01. The predicted octanol–water partition coefficient (Wildman–Crippen LogP) is 1.53. The maximum Gasteiger partial charge on any atom is 0.274 e. The first-order valence-corrected chi connectivity index (χ1v) is 6.38. The van der Waals surface area contributed by atoms with Gasteiger partial charge in [-0.15, -0.1) is 10.2 Å². The third-order valence-corrected chi connectivity index (χ3v) is 3.01. The van der Waals surface area contributed by atoms with Crippen molar-refractivity contribution in [2.75, 3.05) is 5.43 Å². The molecule has 0 radical (unpaired) electrons. The first-order valence-electron chi connectivity index (χ1n) is 6.38. The maximum absolute atomic E-state index is 11.4. The first-order chi connectivity index (χ1) is 10.4. The summed E-state index contributed by atoms with van der Waals surface area (Å²) in [6.07, 6.45) is 0. The maximum atomic E-state index is 11.4. The van der Waals surface area contributed by atoms with Crippen LogP contribution in [0.4, 0.5) is 11.6 Å². The molecule has 0 saturated heterocycles. The molecule has 22 heavy (non-hydrogen) atoms. The van der Waals surface area contributed by atoms with Gasteiger partial charge in [-0.2, -0.15) is 5.10 Å². The van der Waals surface area contributed by atoms with Crippen LogP contribution in [0.15, 0.2) is 28.1 Å². The van der Waals surface area contributed by atoms with E-state index in [1.165, 1.54) is 13.0 Å². The fourth-order valence-corrected chi connectivity index (χ4v) is 1.68. The Morgan fingerprint density at radius 2 is 2.09 bits per heavy atom. The number of H-pyrrole nitrogens is 1. The average Bonchev–Trinajstić information content (AvgIpc) is 2.48. The van der Waals surface area contributed by atoms with Gasteiger partial charge in [0.1, 0.15) is 5.69 Å². The van der Waals surface area contributed by atoms with E-state index in [-0.39, 0.29) is 22.9 Å². The molecule has 2 N–H and O–H groups in total. The van der Waals surface area contributed by atoms with Crippen LogP contribution >= 0.6 is 0 Å². The summed E-state index contributed by atoms with van der Waals surface area (Å²) < 4.78 is 0. The van der Waals surface area contributed by atoms with Crippen LogP contribution in [0, 0.1) is 24.0 Å². The molecule has 0 fully saturated rings. The highest BCUT2D eigenvalue weighted by molar-refractivity contribution is 5.99. The largest absolute Gasteiger partial charge is 0.288 e. The monoisotopic (exact) mass is 302 g/mol. The summed E-state index contributed by atoms with van der Waals surface area (Å²) in [5.74, 6) is 0.0940. The Labute approximate surface area is 125 Å². The van der Waals surface area contributed by atoms with Crippen LogP contribution in [0.25, 0.3) is 0 Å². The van der Waals surface area contributed by atoms with Gasteiger partial charge in [-0.3, -0.25) is 19.9 Å². The number of hydrazone groups is 1. The van der Waals surface area contributed by atoms with Crippen molar-refractivity contribution in [1.82, 2.24) is 15.2 Å².